The van der Waals surface area contributed by atoms with Gasteiger partial charge in [0.1, 0.15) is 0 Å². The summed E-state index contributed by atoms with van der Waals surface area (Å²) in [7, 11) is 0. The van der Waals surface area contributed by atoms with E-state index in [-0.39, 0.29) is 5.41 Å². The Balaban J connectivity index is 1.90. The SMILES string of the molecule is O=C[C@H](F)C12CC3CC(CC(C3)C1)C2. The molecule has 78 valence electrons. The van der Waals surface area contributed by atoms with Gasteiger partial charge < -0.3 is 4.79 Å². The zero-order chi connectivity index (χ0) is 9.76. The van der Waals surface area contributed by atoms with Crippen molar-refractivity contribution in [3.05, 3.63) is 0 Å². The molecule has 14 heavy (non-hydrogen) atoms. The number of carbonyl (C=O) groups is 1. The number of hydrogen-bond donors (Lipinski definition) is 0. The molecule has 0 unspecified atom stereocenters. The van der Waals surface area contributed by atoms with Crippen molar-refractivity contribution in [2.45, 2.75) is 44.7 Å². The molecule has 1 nitrogen and oxygen atoms in total. The van der Waals surface area contributed by atoms with E-state index in [0.29, 0.717) is 6.29 Å². The Morgan fingerprint density at radius 3 is 1.86 bits per heavy atom. The average Bonchev–Trinajstić information content (AvgIpc) is 2.14. The van der Waals surface area contributed by atoms with Crippen molar-refractivity contribution < 1.29 is 9.18 Å². The zero-order valence-corrected chi connectivity index (χ0v) is 8.42. The van der Waals surface area contributed by atoms with E-state index < -0.39 is 6.17 Å². The number of carbonyl (C=O) groups excluding carboxylic acids is 1. The van der Waals surface area contributed by atoms with Crippen LogP contribution in [0.15, 0.2) is 0 Å². The number of rotatable bonds is 2. The Bertz CT molecular complexity index is 226. The van der Waals surface area contributed by atoms with Gasteiger partial charge in [-0.2, -0.15) is 0 Å². The van der Waals surface area contributed by atoms with E-state index >= 15 is 0 Å². The van der Waals surface area contributed by atoms with Crippen LogP contribution in [0.5, 0.6) is 0 Å². The van der Waals surface area contributed by atoms with Gasteiger partial charge in [-0.15, -0.1) is 0 Å². The fourth-order valence-electron chi connectivity index (χ4n) is 4.66. The summed E-state index contributed by atoms with van der Waals surface area (Å²) >= 11 is 0. The van der Waals surface area contributed by atoms with Crippen molar-refractivity contribution in [1.82, 2.24) is 0 Å². The van der Waals surface area contributed by atoms with E-state index in [0.717, 1.165) is 37.0 Å². The minimum absolute atomic E-state index is 0.226. The summed E-state index contributed by atoms with van der Waals surface area (Å²) in [5, 5.41) is 0. The average molecular weight is 196 g/mol. The van der Waals surface area contributed by atoms with Gasteiger partial charge in [-0.25, -0.2) is 4.39 Å². The van der Waals surface area contributed by atoms with Crippen molar-refractivity contribution in [2.24, 2.45) is 23.2 Å². The standard InChI is InChI=1S/C12H17FO/c13-11(7-14)12-4-8-1-9(5-12)3-10(2-8)6-12/h7-11H,1-6H2/t8?,9?,10?,11-,12?/m0/s1. The smallest absolute Gasteiger partial charge is 0.161 e. The van der Waals surface area contributed by atoms with Gasteiger partial charge >= 0.3 is 0 Å². The third kappa shape index (κ3) is 1.09. The Labute approximate surface area is 84.1 Å². The predicted octanol–water partition coefficient (Wildman–Crippen LogP) is 2.74. The van der Waals surface area contributed by atoms with E-state index in [1.54, 1.807) is 0 Å². The topological polar surface area (TPSA) is 17.1 Å². The Kier molecular flexibility index (Phi) is 1.78. The van der Waals surface area contributed by atoms with Crippen LogP contribution in [-0.2, 0) is 4.79 Å². The molecule has 0 N–H and O–H groups in total. The van der Waals surface area contributed by atoms with Crippen molar-refractivity contribution in [2.75, 3.05) is 0 Å². The minimum atomic E-state index is -1.18. The molecule has 0 aromatic rings. The van der Waals surface area contributed by atoms with E-state index in [1.807, 2.05) is 0 Å². The second kappa shape index (κ2) is 2.80. The maximum Gasteiger partial charge on any atom is 0.161 e. The molecule has 0 heterocycles. The van der Waals surface area contributed by atoms with Crippen LogP contribution in [0, 0.1) is 23.2 Å². The van der Waals surface area contributed by atoms with Gasteiger partial charge in [-0.1, -0.05) is 0 Å². The summed E-state index contributed by atoms with van der Waals surface area (Å²) in [6.07, 6.45) is 6.25. The molecule has 0 radical (unpaired) electrons. The number of alkyl halides is 1. The maximum atomic E-state index is 13.7. The summed E-state index contributed by atoms with van der Waals surface area (Å²) in [6, 6.07) is 0. The van der Waals surface area contributed by atoms with E-state index in [4.69, 9.17) is 0 Å². The quantitative estimate of drug-likeness (QED) is 0.621. The molecular weight excluding hydrogens is 179 g/mol. The first-order valence-corrected chi connectivity index (χ1v) is 5.81. The number of hydrogen-bond acceptors (Lipinski definition) is 1. The molecule has 0 aromatic carbocycles. The van der Waals surface area contributed by atoms with E-state index in [1.165, 1.54) is 19.3 Å². The van der Waals surface area contributed by atoms with Crippen LogP contribution in [0.1, 0.15) is 38.5 Å². The van der Waals surface area contributed by atoms with Gasteiger partial charge in [0.25, 0.3) is 0 Å². The van der Waals surface area contributed by atoms with Crippen LogP contribution >= 0.6 is 0 Å². The number of aldehydes is 1. The van der Waals surface area contributed by atoms with Gasteiger partial charge in [-0.3, -0.25) is 0 Å². The molecule has 1 atom stereocenters. The highest BCUT2D eigenvalue weighted by Crippen LogP contribution is 2.61. The lowest BCUT2D eigenvalue weighted by molar-refractivity contribution is -0.130. The van der Waals surface area contributed by atoms with Gasteiger partial charge in [0.05, 0.1) is 0 Å². The predicted molar refractivity (Wildman–Crippen MR) is 51.6 cm³/mol. The largest absolute Gasteiger partial charge is 0.300 e. The second-order valence-electron chi connectivity index (χ2n) is 5.82. The van der Waals surface area contributed by atoms with Crippen LogP contribution in [-0.4, -0.2) is 12.5 Å². The van der Waals surface area contributed by atoms with Crippen molar-refractivity contribution in [1.29, 1.82) is 0 Å². The fourth-order valence-corrected chi connectivity index (χ4v) is 4.66. The first-order valence-electron chi connectivity index (χ1n) is 5.81. The van der Waals surface area contributed by atoms with Gasteiger partial charge in [0.2, 0.25) is 0 Å². The Morgan fingerprint density at radius 2 is 1.50 bits per heavy atom. The normalized spacial score (nSPS) is 51.9. The van der Waals surface area contributed by atoms with Crippen molar-refractivity contribution in [3.63, 3.8) is 0 Å². The van der Waals surface area contributed by atoms with Crippen LogP contribution in [0.25, 0.3) is 0 Å². The third-order valence-electron chi connectivity index (χ3n) is 4.79. The molecule has 0 aromatic heterocycles. The van der Waals surface area contributed by atoms with Crippen LogP contribution in [0.2, 0.25) is 0 Å². The van der Waals surface area contributed by atoms with Crippen LogP contribution in [0.4, 0.5) is 4.39 Å². The summed E-state index contributed by atoms with van der Waals surface area (Å²) < 4.78 is 13.7. The molecule has 4 aliphatic carbocycles. The minimum Gasteiger partial charge on any atom is -0.300 e. The molecule has 0 spiro atoms. The Hall–Kier alpha value is -0.400. The highest BCUT2D eigenvalue weighted by Gasteiger charge is 2.54. The first kappa shape index (κ1) is 8.87. The van der Waals surface area contributed by atoms with E-state index in [9.17, 15) is 9.18 Å². The highest BCUT2D eigenvalue weighted by molar-refractivity contribution is 5.57. The van der Waals surface area contributed by atoms with Gasteiger partial charge in [0, 0.05) is 5.41 Å². The van der Waals surface area contributed by atoms with Crippen LogP contribution < -0.4 is 0 Å². The first-order chi connectivity index (χ1) is 6.72. The van der Waals surface area contributed by atoms with Gasteiger partial charge in [0.15, 0.2) is 12.5 Å². The summed E-state index contributed by atoms with van der Waals surface area (Å²) in [6.45, 7) is 0. The molecule has 4 saturated carbocycles. The number of halogens is 1. The summed E-state index contributed by atoms with van der Waals surface area (Å²) in [5.41, 5.74) is -0.226. The molecule has 4 aliphatic rings. The van der Waals surface area contributed by atoms with Crippen molar-refractivity contribution in [3.8, 4) is 0 Å². The van der Waals surface area contributed by atoms with E-state index in [2.05, 4.69) is 0 Å². The lowest BCUT2D eigenvalue weighted by Gasteiger charge is -2.57. The zero-order valence-electron chi connectivity index (χ0n) is 8.42. The molecule has 0 aliphatic heterocycles. The van der Waals surface area contributed by atoms with Gasteiger partial charge in [-0.05, 0) is 56.3 Å². The highest BCUT2D eigenvalue weighted by atomic mass is 19.1. The second-order valence-corrected chi connectivity index (χ2v) is 5.82. The third-order valence-corrected chi connectivity index (χ3v) is 4.79. The monoisotopic (exact) mass is 196 g/mol. The summed E-state index contributed by atoms with van der Waals surface area (Å²) in [4.78, 5) is 10.6. The lowest BCUT2D eigenvalue weighted by atomic mass is 9.48. The lowest BCUT2D eigenvalue weighted by Crippen LogP contribution is -2.50. The molecule has 0 saturated heterocycles. The Morgan fingerprint density at radius 1 is 1.07 bits per heavy atom. The molecule has 2 heteroatoms. The summed E-state index contributed by atoms with van der Waals surface area (Å²) in [5.74, 6) is 2.21. The molecular formula is C12H17FO. The maximum absolute atomic E-state index is 13.7. The van der Waals surface area contributed by atoms with Crippen molar-refractivity contribution >= 4 is 6.29 Å². The molecule has 4 bridgehead atoms. The molecule has 4 fully saturated rings. The molecule has 4 rings (SSSR count). The van der Waals surface area contributed by atoms with Crippen LogP contribution in [0.3, 0.4) is 0 Å². The molecule has 0 amide bonds. The fraction of sp³-hybridized carbons (Fsp3) is 0.917.